The van der Waals surface area contributed by atoms with Crippen LogP contribution < -0.4 is 5.32 Å². The third-order valence-corrected chi connectivity index (χ3v) is 4.71. The van der Waals surface area contributed by atoms with Crippen molar-refractivity contribution < 1.29 is 14.3 Å². The minimum atomic E-state index is -0.374. The number of hydrogen-bond donors (Lipinski definition) is 1. The summed E-state index contributed by atoms with van der Waals surface area (Å²) >= 11 is 0. The quantitative estimate of drug-likeness (QED) is 0.808. The van der Waals surface area contributed by atoms with Crippen molar-refractivity contribution in [1.82, 2.24) is 10.2 Å². The number of carbonyl (C=O) groups excluding carboxylic acids is 2. The first kappa shape index (κ1) is 15.1. The molecule has 1 saturated carbocycles. The normalized spacial score (nSPS) is 21.6. The van der Waals surface area contributed by atoms with Gasteiger partial charge in [0.05, 0.1) is 6.61 Å². The summed E-state index contributed by atoms with van der Waals surface area (Å²) < 4.78 is 4.80. The Morgan fingerprint density at radius 1 is 1.10 bits per heavy atom. The lowest BCUT2D eigenvalue weighted by Gasteiger charge is -2.44. The van der Waals surface area contributed by atoms with Crippen molar-refractivity contribution in [2.24, 2.45) is 5.41 Å². The number of rotatable bonds is 3. The molecule has 1 aliphatic carbocycles. The van der Waals surface area contributed by atoms with Crippen LogP contribution in [-0.4, -0.2) is 43.1 Å². The van der Waals surface area contributed by atoms with Gasteiger partial charge in [0.25, 0.3) is 0 Å². The molecule has 1 aliphatic heterocycles. The molecule has 0 aromatic heterocycles. The number of nitrogens with zero attached hydrogens (tertiary/aromatic N) is 1. The van der Waals surface area contributed by atoms with Gasteiger partial charge in [-0.1, -0.05) is 19.3 Å². The Bertz CT molecular complexity index is 341. The molecule has 5 nitrogen and oxygen atoms in total. The summed E-state index contributed by atoms with van der Waals surface area (Å²) in [5.41, 5.74) is 0.496. The van der Waals surface area contributed by atoms with Crippen LogP contribution in [0.1, 0.15) is 51.9 Å². The predicted octanol–water partition coefficient (Wildman–Crippen LogP) is 2.31. The van der Waals surface area contributed by atoms with Gasteiger partial charge in [-0.25, -0.2) is 4.79 Å². The van der Waals surface area contributed by atoms with Crippen LogP contribution in [0, 0.1) is 5.41 Å². The highest BCUT2D eigenvalue weighted by Crippen LogP contribution is 2.44. The minimum absolute atomic E-state index is 0.0334. The molecule has 0 aromatic carbocycles. The first-order valence-corrected chi connectivity index (χ1v) is 7.84. The van der Waals surface area contributed by atoms with E-state index >= 15 is 0 Å². The number of nitrogens with one attached hydrogen (secondary N) is 1. The van der Waals surface area contributed by atoms with Crippen LogP contribution in [0.4, 0.5) is 4.79 Å². The lowest BCUT2D eigenvalue weighted by atomic mass is 9.68. The zero-order chi connectivity index (χ0) is 14.4. The average Bonchev–Trinajstić information content (AvgIpc) is 2.47. The fourth-order valence-corrected chi connectivity index (χ4v) is 3.46. The molecular weight excluding hydrogens is 256 g/mol. The number of esters is 1. The van der Waals surface area contributed by atoms with Crippen molar-refractivity contribution in [3.05, 3.63) is 0 Å². The van der Waals surface area contributed by atoms with E-state index in [4.69, 9.17) is 4.74 Å². The summed E-state index contributed by atoms with van der Waals surface area (Å²) in [7, 11) is 0. The highest BCUT2D eigenvalue weighted by Gasteiger charge is 2.36. The fourth-order valence-electron chi connectivity index (χ4n) is 3.46. The molecular formula is C15H26N2O3. The highest BCUT2D eigenvalue weighted by molar-refractivity contribution is 5.80. The van der Waals surface area contributed by atoms with E-state index < -0.39 is 0 Å². The summed E-state index contributed by atoms with van der Waals surface area (Å²) in [5.74, 6) is -0.374. The van der Waals surface area contributed by atoms with Gasteiger partial charge in [0.1, 0.15) is 6.54 Å². The lowest BCUT2D eigenvalue weighted by Crippen LogP contribution is -2.48. The van der Waals surface area contributed by atoms with Crippen molar-refractivity contribution in [3.8, 4) is 0 Å². The van der Waals surface area contributed by atoms with E-state index in [1.807, 2.05) is 4.90 Å². The van der Waals surface area contributed by atoms with Crippen molar-refractivity contribution in [2.75, 3.05) is 26.2 Å². The Kier molecular flexibility index (Phi) is 5.26. The average molecular weight is 282 g/mol. The topological polar surface area (TPSA) is 58.6 Å². The maximum absolute atomic E-state index is 12.0. The van der Waals surface area contributed by atoms with Crippen molar-refractivity contribution in [2.45, 2.75) is 51.9 Å². The SMILES string of the molecule is CCOC(=O)CNC(=O)N1CCC2(CCCCC2)CC1. The largest absolute Gasteiger partial charge is 0.465 e. The van der Waals surface area contributed by atoms with Crippen LogP contribution in [0.3, 0.4) is 0 Å². The molecule has 2 aliphatic rings. The van der Waals surface area contributed by atoms with Gasteiger partial charge in [0.2, 0.25) is 0 Å². The van der Waals surface area contributed by atoms with Crippen molar-refractivity contribution in [3.63, 3.8) is 0 Å². The van der Waals surface area contributed by atoms with Gasteiger partial charge < -0.3 is 15.0 Å². The second-order valence-corrected chi connectivity index (χ2v) is 6.01. The highest BCUT2D eigenvalue weighted by atomic mass is 16.5. The van der Waals surface area contributed by atoms with Gasteiger partial charge in [-0.3, -0.25) is 4.79 Å². The molecule has 114 valence electrons. The molecule has 1 heterocycles. The summed E-state index contributed by atoms with van der Waals surface area (Å²) in [6.07, 6.45) is 8.92. The molecule has 0 atom stereocenters. The number of likely N-dealkylation sites (tertiary alicyclic amines) is 1. The molecule has 1 saturated heterocycles. The lowest BCUT2D eigenvalue weighted by molar-refractivity contribution is -0.141. The third-order valence-electron chi connectivity index (χ3n) is 4.71. The van der Waals surface area contributed by atoms with E-state index in [9.17, 15) is 9.59 Å². The molecule has 0 aromatic rings. The molecule has 5 heteroatoms. The number of ether oxygens (including phenoxy) is 1. The Morgan fingerprint density at radius 2 is 1.75 bits per heavy atom. The second kappa shape index (κ2) is 6.95. The van der Waals surface area contributed by atoms with Gasteiger partial charge in [0, 0.05) is 13.1 Å². The fraction of sp³-hybridized carbons (Fsp3) is 0.867. The Labute approximate surface area is 121 Å². The first-order chi connectivity index (χ1) is 9.65. The summed E-state index contributed by atoms with van der Waals surface area (Å²) in [4.78, 5) is 25.0. The summed E-state index contributed by atoms with van der Waals surface area (Å²) in [6.45, 7) is 3.70. The Hall–Kier alpha value is -1.26. The van der Waals surface area contributed by atoms with Crippen molar-refractivity contribution in [1.29, 1.82) is 0 Å². The van der Waals surface area contributed by atoms with Crippen LogP contribution in [0.2, 0.25) is 0 Å². The summed E-state index contributed by atoms with van der Waals surface area (Å²) in [5, 5.41) is 2.64. The monoisotopic (exact) mass is 282 g/mol. The van der Waals surface area contributed by atoms with E-state index in [0.717, 1.165) is 25.9 Å². The minimum Gasteiger partial charge on any atom is -0.465 e. The predicted molar refractivity (Wildman–Crippen MR) is 76.4 cm³/mol. The maximum atomic E-state index is 12.0. The molecule has 2 fully saturated rings. The van der Waals surface area contributed by atoms with E-state index in [0.29, 0.717) is 12.0 Å². The van der Waals surface area contributed by atoms with Gasteiger partial charge in [-0.2, -0.15) is 0 Å². The van der Waals surface area contributed by atoms with E-state index in [2.05, 4.69) is 5.32 Å². The second-order valence-electron chi connectivity index (χ2n) is 6.01. The van der Waals surface area contributed by atoms with Crippen LogP contribution in [0.25, 0.3) is 0 Å². The van der Waals surface area contributed by atoms with E-state index in [-0.39, 0.29) is 18.5 Å². The molecule has 20 heavy (non-hydrogen) atoms. The molecule has 2 rings (SSSR count). The number of urea groups is 1. The Morgan fingerprint density at radius 3 is 2.35 bits per heavy atom. The van der Waals surface area contributed by atoms with E-state index in [1.54, 1.807) is 6.92 Å². The molecule has 0 bridgehead atoms. The molecule has 1 N–H and O–H groups in total. The van der Waals surface area contributed by atoms with Gasteiger partial charge in [-0.05, 0) is 38.0 Å². The molecule has 0 radical (unpaired) electrons. The number of hydrogen-bond acceptors (Lipinski definition) is 3. The molecule has 2 amide bonds. The number of piperidine rings is 1. The molecule has 1 spiro atoms. The molecule has 0 unspecified atom stereocenters. The zero-order valence-electron chi connectivity index (χ0n) is 12.5. The number of amides is 2. The van der Waals surface area contributed by atoms with Crippen LogP contribution in [0.15, 0.2) is 0 Å². The van der Waals surface area contributed by atoms with Crippen LogP contribution >= 0.6 is 0 Å². The van der Waals surface area contributed by atoms with Crippen LogP contribution in [-0.2, 0) is 9.53 Å². The Balaban J connectivity index is 1.72. The first-order valence-electron chi connectivity index (χ1n) is 7.84. The van der Waals surface area contributed by atoms with Crippen LogP contribution in [0.5, 0.6) is 0 Å². The third kappa shape index (κ3) is 3.87. The standard InChI is InChI=1S/C15H26N2O3/c1-2-20-13(18)12-16-14(19)17-10-8-15(9-11-17)6-4-3-5-7-15/h2-12H2,1H3,(H,16,19). The smallest absolute Gasteiger partial charge is 0.325 e. The van der Waals surface area contributed by atoms with Gasteiger partial charge in [0.15, 0.2) is 0 Å². The zero-order valence-corrected chi connectivity index (χ0v) is 12.5. The van der Waals surface area contributed by atoms with Gasteiger partial charge >= 0.3 is 12.0 Å². The van der Waals surface area contributed by atoms with Crippen molar-refractivity contribution >= 4 is 12.0 Å². The number of carbonyl (C=O) groups is 2. The van der Waals surface area contributed by atoms with Gasteiger partial charge in [-0.15, -0.1) is 0 Å². The van der Waals surface area contributed by atoms with E-state index in [1.165, 1.54) is 32.1 Å². The summed E-state index contributed by atoms with van der Waals surface area (Å²) in [6, 6.07) is -0.135. The maximum Gasteiger partial charge on any atom is 0.325 e.